The van der Waals surface area contributed by atoms with Crippen LogP contribution in [0.1, 0.15) is 17.7 Å². The Hall–Kier alpha value is -2.30. The van der Waals surface area contributed by atoms with E-state index in [0.717, 1.165) is 6.07 Å². The minimum atomic E-state index is -3.14. The Morgan fingerprint density at radius 3 is 2.75 bits per heavy atom. The molecule has 0 saturated heterocycles. The fourth-order valence-electron chi connectivity index (χ4n) is 1.06. The summed E-state index contributed by atoms with van der Waals surface area (Å²) in [7, 11) is 0. The van der Waals surface area contributed by atoms with E-state index < -0.39 is 35.0 Å². The van der Waals surface area contributed by atoms with E-state index in [0.29, 0.717) is 0 Å². The van der Waals surface area contributed by atoms with Gasteiger partial charge in [-0.2, -0.15) is 5.26 Å². The maximum atomic E-state index is 12.4. The number of nitro groups is 1. The molecule has 0 aliphatic heterocycles. The smallest absolute Gasteiger partial charge is 0.364 e. The van der Waals surface area contributed by atoms with Crippen molar-refractivity contribution in [2.75, 3.05) is 0 Å². The van der Waals surface area contributed by atoms with Crippen LogP contribution in [0.25, 0.3) is 0 Å². The second kappa shape index (κ2) is 4.48. The summed E-state index contributed by atoms with van der Waals surface area (Å²) in [6.45, 7) is 0. The lowest BCUT2D eigenvalue weighted by Gasteiger charge is -2.03. The van der Waals surface area contributed by atoms with Crippen LogP contribution in [0.5, 0.6) is 5.75 Å². The van der Waals surface area contributed by atoms with E-state index >= 15 is 0 Å². The third-order valence-corrected chi connectivity index (χ3v) is 1.75. The zero-order chi connectivity index (χ0) is 12.3. The van der Waals surface area contributed by atoms with Crippen LogP contribution in [-0.2, 0) is 6.42 Å². The van der Waals surface area contributed by atoms with Gasteiger partial charge >= 0.3 is 12.2 Å². The van der Waals surface area contributed by atoms with Crippen molar-refractivity contribution in [2.24, 2.45) is 0 Å². The maximum absolute atomic E-state index is 12.4. The number of hydrogen-bond acceptors (Lipinski definition) is 5. The Kier molecular flexibility index (Phi) is 3.30. The van der Waals surface area contributed by atoms with Gasteiger partial charge in [0.25, 0.3) is 5.69 Å². The number of pyridine rings is 1. The first-order valence-corrected chi connectivity index (χ1v) is 3.99. The number of alkyl halides is 2. The van der Waals surface area contributed by atoms with Crippen molar-refractivity contribution in [3.63, 3.8) is 0 Å². The molecule has 1 heterocycles. The monoisotopic (exact) mass is 229 g/mol. The van der Waals surface area contributed by atoms with Crippen molar-refractivity contribution in [1.29, 1.82) is 5.26 Å². The fourth-order valence-corrected chi connectivity index (χ4v) is 1.06. The van der Waals surface area contributed by atoms with Crippen molar-refractivity contribution in [3.05, 3.63) is 27.4 Å². The molecule has 1 rings (SSSR count). The van der Waals surface area contributed by atoms with Crippen molar-refractivity contribution < 1.29 is 18.8 Å². The lowest BCUT2D eigenvalue weighted by Crippen LogP contribution is -2.00. The highest BCUT2D eigenvalue weighted by molar-refractivity contribution is 5.43. The normalized spacial score (nSPS) is 10.1. The molecule has 1 aromatic rings. The molecule has 0 aliphatic rings. The predicted molar refractivity (Wildman–Crippen MR) is 46.8 cm³/mol. The van der Waals surface area contributed by atoms with E-state index in [-0.39, 0.29) is 5.56 Å². The molecule has 0 radical (unpaired) electrons. The molecule has 0 amide bonds. The molecule has 0 aromatic carbocycles. The number of nitriles is 1. The molecule has 0 aliphatic carbocycles. The molecule has 0 saturated carbocycles. The first-order chi connectivity index (χ1) is 7.47. The third kappa shape index (κ3) is 2.20. The third-order valence-electron chi connectivity index (χ3n) is 1.75. The summed E-state index contributed by atoms with van der Waals surface area (Å²) in [5.41, 5.74) is -1.32. The van der Waals surface area contributed by atoms with Crippen LogP contribution >= 0.6 is 0 Å². The quantitative estimate of drug-likeness (QED) is 0.627. The van der Waals surface area contributed by atoms with Crippen molar-refractivity contribution in [2.45, 2.75) is 12.8 Å². The Morgan fingerprint density at radius 2 is 2.31 bits per heavy atom. The van der Waals surface area contributed by atoms with Crippen LogP contribution in [0.4, 0.5) is 14.6 Å². The minimum absolute atomic E-state index is 0.237. The van der Waals surface area contributed by atoms with Gasteiger partial charge < -0.3 is 15.2 Å². The number of hydrogen-bond donors (Lipinski definition) is 1. The van der Waals surface area contributed by atoms with Gasteiger partial charge in [-0.05, 0) is 9.91 Å². The number of halogens is 2. The van der Waals surface area contributed by atoms with E-state index in [2.05, 4.69) is 4.98 Å². The van der Waals surface area contributed by atoms with E-state index in [4.69, 9.17) is 5.26 Å². The second-order valence-corrected chi connectivity index (χ2v) is 2.77. The zero-order valence-corrected chi connectivity index (χ0v) is 7.72. The molecule has 6 nitrogen and oxygen atoms in total. The molecule has 0 spiro atoms. The number of rotatable bonds is 3. The average molecular weight is 229 g/mol. The summed E-state index contributed by atoms with van der Waals surface area (Å²) >= 11 is 0. The Bertz CT molecular complexity index is 470. The average Bonchev–Trinajstić information content (AvgIpc) is 2.20. The second-order valence-electron chi connectivity index (χ2n) is 2.77. The fraction of sp³-hybridized carbons (Fsp3) is 0.250. The largest absolute Gasteiger partial charge is 0.504 e. The number of aromatic hydroxyl groups is 1. The molecule has 0 unspecified atom stereocenters. The van der Waals surface area contributed by atoms with Gasteiger partial charge in [0.05, 0.1) is 12.5 Å². The van der Waals surface area contributed by atoms with Gasteiger partial charge in [-0.3, -0.25) is 0 Å². The Morgan fingerprint density at radius 1 is 1.69 bits per heavy atom. The molecule has 8 heteroatoms. The molecule has 16 heavy (non-hydrogen) atoms. The number of aromatic nitrogens is 1. The van der Waals surface area contributed by atoms with Gasteiger partial charge in [-0.25, -0.2) is 8.78 Å². The summed E-state index contributed by atoms with van der Waals surface area (Å²) in [5, 5.41) is 28.0. The first-order valence-electron chi connectivity index (χ1n) is 3.99. The van der Waals surface area contributed by atoms with Gasteiger partial charge in [0, 0.05) is 11.6 Å². The summed E-state index contributed by atoms with van der Waals surface area (Å²) in [6.07, 6.45) is -3.55. The maximum Gasteiger partial charge on any atom is 0.364 e. The SMILES string of the molecule is N#CCc1cc([N+](=O)[O-])nc(C(F)F)c1O. The summed E-state index contributed by atoms with van der Waals surface area (Å²) in [4.78, 5) is 12.4. The van der Waals surface area contributed by atoms with E-state index in [9.17, 15) is 24.0 Å². The van der Waals surface area contributed by atoms with Gasteiger partial charge in [-0.1, -0.05) is 0 Å². The summed E-state index contributed by atoms with van der Waals surface area (Å²) in [5.74, 6) is -1.69. The summed E-state index contributed by atoms with van der Waals surface area (Å²) in [6, 6.07) is 2.40. The highest BCUT2D eigenvalue weighted by atomic mass is 19.3. The Labute approximate surface area is 87.9 Å². The standard InChI is InChI=1S/C8H5F2N3O3/c9-8(10)6-7(14)4(1-2-11)3-5(12-6)13(15)16/h3,8,14H,1H2. The van der Waals surface area contributed by atoms with Crippen LogP contribution < -0.4 is 0 Å². The van der Waals surface area contributed by atoms with Gasteiger partial charge in [0.1, 0.15) is 0 Å². The predicted octanol–water partition coefficient (Wildman–Crippen LogP) is 1.70. The molecule has 0 fully saturated rings. The molecular weight excluding hydrogens is 224 g/mol. The van der Waals surface area contributed by atoms with Crippen LogP contribution in [-0.4, -0.2) is 15.0 Å². The molecule has 1 N–H and O–H groups in total. The molecular formula is C8H5F2N3O3. The minimum Gasteiger partial charge on any atom is -0.504 e. The van der Waals surface area contributed by atoms with Crippen molar-refractivity contribution in [1.82, 2.24) is 4.98 Å². The van der Waals surface area contributed by atoms with Crippen LogP contribution in [0.15, 0.2) is 6.07 Å². The van der Waals surface area contributed by atoms with E-state index in [1.54, 1.807) is 6.07 Å². The van der Waals surface area contributed by atoms with Crippen LogP contribution in [0.2, 0.25) is 0 Å². The zero-order valence-electron chi connectivity index (χ0n) is 7.72. The van der Waals surface area contributed by atoms with Crippen molar-refractivity contribution in [3.8, 4) is 11.8 Å². The van der Waals surface area contributed by atoms with E-state index in [1.165, 1.54) is 0 Å². The topological polar surface area (TPSA) is 100 Å². The van der Waals surface area contributed by atoms with Crippen molar-refractivity contribution >= 4 is 5.82 Å². The van der Waals surface area contributed by atoms with Gasteiger partial charge in [-0.15, -0.1) is 0 Å². The molecule has 0 bridgehead atoms. The van der Waals surface area contributed by atoms with Gasteiger partial charge in [0.2, 0.25) is 0 Å². The van der Waals surface area contributed by atoms with Gasteiger partial charge in [0.15, 0.2) is 5.75 Å². The lowest BCUT2D eigenvalue weighted by molar-refractivity contribution is -0.389. The number of nitrogens with zero attached hydrogens (tertiary/aromatic N) is 3. The van der Waals surface area contributed by atoms with E-state index in [1.807, 2.05) is 0 Å². The first kappa shape index (κ1) is 11.8. The van der Waals surface area contributed by atoms with Crippen LogP contribution in [0.3, 0.4) is 0 Å². The molecule has 1 aromatic heterocycles. The molecule has 0 atom stereocenters. The van der Waals surface area contributed by atoms with Crippen LogP contribution in [0, 0.1) is 21.4 Å². The lowest BCUT2D eigenvalue weighted by atomic mass is 10.1. The molecule has 84 valence electrons. The Balaban J connectivity index is 3.40. The summed E-state index contributed by atoms with van der Waals surface area (Å²) < 4.78 is 24.7. The highest BCUT2D eigenvalue weighted by Crippen LogP contribution is 2.32. The highest BCUT2D eigenvalue weighted by Gasteiger charge is 2.26.